The van der Waals surface area contributed by atoms with Gasteiger partial charge in [-0.3, -0.25) is 0 Å². The summed E-state index contributed by atoms with van der Waals surface area (Å²) < 4.78 is 25.8. The molecule has 0 radical (unpaired) electrons. The van der Waals surface area contributed by atoms with Crippen molar-refractivity contribution in [2.45, 2.75) is 6.54 Å². The molecule has 0 fully saturated rings. The van der Waals surface area contributed by atoms with Crippen LogP contribution in [0.2, 0.25) is 0 Å². The van der Waals surface area contributed by atoms with Crippen LogP contribution in [0.1, 0.15) is 5.56 Å². The van der Waals surface area contributed by atoms with Gasteiger partial charge in [0.05, 0.1) is 0 Å². The molecule has 0 spiro atoms. The van der Waals surface area contributed by atoms with E-state index in [2.05, 4.69) is 5.32 Å². The molecule has 16 heavy (non-hydrogen) atoms. The Bertz CT molecular complexity index is 448. The van der Waals surface area contributed by atoms with Gasteiger partial charge < -0.3 is 5.32 Å². The van der Waals surface area contributed by atoms with Crippen molar-refractivity contribution >= 4 is 5.69 Å². The first kappa shape index (κ1) is 10.6. The van der Waals surface area contributed by atoms with Crippen LogP contribution in [0, 0.1) is 11.6 Å². The van der Waals surface area contributed by atoms with Crippen LogP contribution < -0.4 is 5.32 Å². The summed E-state index contributed by atoms with van der Waals surface area (Å²) in [4.78, 5) is 0. The molecule has 0 heterocycles. The Morgan fingerprint density at radius 1 is 0.875 bits per heavy atom. The average molecular weight is 219 g/mol. The van der Waals surface area contributed by atoms with Gasteiger partial charge in [-0.15, -0.1) is 0 Å². The molecule has 3 heteroatoms. The van der Waals surface area contributed by atoms with Gasteiger partial charge in [-0.25, -0.2) is 8.78 Å². The Balaban J connectivity index is 2.05. The maximum atomic E-state index is 12.9. The Labute approximate surface area is 92.7 Å². The maximum absolute atomic E-state index is 12.9. The van der Waals surface area contributed by atoms with Crippen molar-refractivity contribution in [1.82, 2.24) is 0 Å². The molecule has 2 aromatic rings. The van der Waals surface area contributed by atoms with Gasteiger partial charge in [-0.2, -0.15) is 0 Å². The summed E-state index contributed by atoms with van der Waals surface area (Å²) >= 11 is 0. The Hall–Kier alpha value is -1.90. The SMILES string of the molecule is Fc1cc(F)cc(CNc2ccccc2)c1. The number of rotatable bonds is 3. The van der Waals surface area contributed by atoms with Gasteiger partial charge in [-0.1, -0.05) is 18.2 Å². The molecule has 2 aromatic carbocycles. The number of hydrogen-bond acceptors (Lipinski definition) is 1. The predicted molar refractivity (Wildman–Crippen MR) is 60.1 cm³/mol. The van der Waals surface area contributed by atoms with Crippen LogP contribution >= 0.6 is 0 Å². The zero-order valence-electron chi connectivity index (χ0n) is 8.58. The van der Waals surface area contributed by atoms with Crippen molar-refractivity contribution in [3.05, 3.63) is 65.7 Å². The number of nitrogens with one attached hydrogen (secondary N) is 1. The van der Waals surface area contributed by atoms with E-state index < -0.39 is 11.6 Å². The van der Waals surface area contributed by atoms with Crippen molar-refractivity contribution in [2.75, 3.05) is 5.32 Å². The van der Waals surface area contributed by atoms with Crippen LogP contribution in [0.25, 0.3) is 0 Å². The summed E-state index contributed by atoms with van der Waals surface area (Å²) in [5.41, 5.74) is 1.51. The molecular weight excluding hydrogens is 208 g/mol. The smallest absolute Gasteiger partial charge is 0.126 e. The summed E-state index contributed by atoms with van der Waals surface area (Å²) in [6, 6.07) is 13.0. The topological polar surface area (TPSA) is 12.0 Å². The zero-order valence-corrected chi connectivity index (χ0v) is 8.58. The van der Waals surface area contributed by atoms with Crippen LogP contribution in [0.15, 0.2) is 48.5 Å². The predicted octanol–water partition coefficient (Wildman–Crippen LogP) is 3.58. The van der Waals surface area contributed by atoms with Gasteiger partial charge in [0.25, 0.3) is 0 Å². The Kier molecular flexibility index (Phi) is 3.15. The highest BCUT2D eigenvalue weighted by Crippen LogP contribution is 2.11. The van der Waals surface area contributed by atoms with E-state index in [0.29, 0.717) is 12.1 Å². The second-order valence-electron chi connectivity index (χ2n) is 3.50. The highest BCUT2D eigenvalue weighted by atomic mass is 19.1. The molecule has 0 bridgehead atoms. The van der Waals surface area contributed by atoms with Gasteiger partial charge in [-0.05, 0) is 29.8 Å². The summed E-state index contributed by atoms with van der Waals surface area (Å²) in [5.74, 6) is -1.10. The number of hydrogen-bond donors (Lipinski definition) is 1. The minimum Gasteiger partial charge on any atom is -0.381 e. The molecule has 82 valence electrons. The number of para-hydroxylation sites is 1. The molecule has 0 amide bonds. The second-order valence-corrected chi connectivity index (χ2v) is 3.50. The fourth-order valence-electron chi connectivity index (χ4n) is 1.47. The van der Waals surface area contributed by atoms with E-state index in [-0.39, 0.29) is 0 Å². The number of halogens is 2. The molecule has 0 unspecified atom stereocenters. The lowest BCUT2D eigenvalue weighted by atomic mass is 10.2. The first-order valence-electron chi connectivity index (χ1n) is 4.98. The highest BCUT2D eigenvalue weighted by Gasteiger charge is 2.00. The summed E-state index contributed by atoms with van der Waals surface area (Å²) in [6.45, 7) is 0.401. The lowest BCUT2D eigenvalue weighted by Gasteiger charge is -2.06. The van der Waals surface area contributed by atoms with Crippen LogP contribution in [-0.2, 0) is 6.54 Å². The Morgan fingerprint density at radius 2 is 1.50 bits per heavy atom. The quantitative estimate of drug-likeness (QED) is 0.832. The average Bonchev–Trinajstić information content (AvgIpc) is 2.27. The molecule has 1 nitrogen and oxygen atoms in total. The fourth-order valence-corrected chi connectivity index (χ4v) is 1.47. The number of anilines is 1. The third-order valence-electron chi connectivity index (χ3n) is 2.19. The van der Waals surface area contributed by atoms with E-state index in [1.54, 1.807) is 0 Å². The largest absolute Gasteiger partial charge is 0.381 e. The van der Waals surface area contributed by atoms with Crippen molar-refractivity contribution in [3.8, 4) is 0 Å². The van der Waals surface area contributed by atoms with Gasteiger partial charge in [0.2, 0.25) is 0 Å². The van der Waals surface area contributed by atoms with Crippen molar-refractivity contribution < 1.29 is 8.78 Å². The van der Waals surface area contributed by atoms with E-state index in [1.807, 2.05) is 30.3 Å². The van der Waals surface area contributed by atoms with Gasteiger partial charge >= 0.3 is 0 Å². The summed E-state index contributed by atoms with van der Waals surface area (Å²) in [7, 11) is 0. The van der Waals surface area contributed by atoms with Crippen LogP contribution in [0.5, 0.6) is 0 Å². The van der Waals surface area contributed by atoms with Crippen LogP contribution in [-0.4, -0.2) is 0 Å². The lowest BCUT2D eigenvalue weighted by molar-refractivity contribution is 0.580. The third kappa shape index (κ3) is 2.79. The minimum absolute atomic E-state index is 0.401. The maximum Gasteiger partial charge on any atom is 0.126 e. The monoisotopic (exact) mass is 219 g/mol. The third-order valence-corrected chi connectivity index (χ3v) is 2.19. The molecule has 0 aliphatic heterocycles. The summed E-state index contributed by atoms with van der Waals surface area (Å²) in [6.07, 6.45) is 0. The van der Waals surface area contributed by atoms with Gasteiger partial charge in [0.1, 0.15) is 11.6 Å². The standard InChI is InChI=1S/C13H11F2N/c14-11-6-10(7-12(15)8-11)9-16-13-4-2-1-3-5-13/h1-8,16H,9H2. The first-order valence-corrected chi connectivity index (χ1v) is 4.98. The van der Waals surface area contributed by atoms with Crippen molar-refractivity contribution in [1.29, 1.82) is 0 Å². The molecule has 0 atom stereocenters. The van der Waals surface area contributed by atoms with Crippen molar-refractivity contribution in [3.63, 3.8) is 0 Å². The molecule has 2 rings (SSSR count). The molecular formula is C13H11F2N. The van der Waals surface area contributed by atoms with Gasteiger partial charge in [0, 0.05) is 18.3 Å². The summed E-state index contributed by atoms with van der Waals surface area (Å²) in [5, 5.41) is 3.08. The molecule has 0 aliphatic carbocycles. The number of benzene rings is 2. The Morgan fingerprint density at radius 3 is 2.12 bits per heavy atom. The fraction of sp³-hybridized carbons (Fsp3) is 0.0769. The van der Waals surface area contributed by atoms with E-state index >= 15 is 0 Å². The highest BCUT2D eigenvalue weighted by molar-refractivity contribution is 5.43. The van der Waals surface area contributed by atoms with Crippen LogP contribution in [0.3, 0.4) is 0 Å². The molecule has 0 aliphatic rings. The molecule has 0 saturated carbocycles. The molecule has 0 aromatic heterocycles. The van der Waals surface area contributed by atoms with Crippen molar-refractivity contribution in [2.24, 2.45) is 0 Å². The lowest BCUT2D eigenvalue weighted by Crippen LogP contribution is -2.00. The molecule has 1 N–H and O–H groups in total. The molecule has 0 saturated heterocycles. The second kappa shape index (κ2) is 4.75. The van der Waals surface area contributed by atoms with E-state index in [4.69, 9.17) is 0 Å². The normalized spacial score (nSPS) is 10.1. The van der Waals surface area contributed by atoms with Crippen LogP contribution in [0.4, 0.5) is 14.5 Å². The zero-order chi connectivity index (χ0) is 11.4. The van der Waals surface area contributed by atoms with E-state index in [0.717, 1.165) is 11.8 Å². The van der Waals surface area contributed by atoms with E-state index in [1.165, 1.54) is 12.1 Å². The first-order chi connectivity index (χ1) is 7.74. The van der Waals surface area contributed by atoms with E-state index in [9.17, 15) is 8.78 Å². The minimum atomic E-state index is -0.551. The van der Waals surface area contributed by atoms with Gasteiger partial charge in [0.15, 0.2) is 0 Å².